The smallest absolute Gasteiger partial charge is 0.338 e. The van der Waals surface area contributed by atoms with Gasteiger partial charge in [0.2, 0.25) is 0 Å². The van der Waals surface area contributed by atoms with Crippen molar-refractivity contribution >= 4 is 29.2 Å². The average molecular weight is 320 g/mol. The zero-order valence-corrected chi connectivity index (χ0v) is 12.6. The molecule has 1 aromatic carbocycles. The van der Waals surface area contributed by atoms with Crippen molar-refractivity contribution in [3.63, 3.8) is 0 Å². The fraction of sp³-hybridized carbons (Fsp3) is 0.125. The fourth-order valence-electron chi connectivity index (χ4n) is 1.70. The number of hydrogen-bond acceptors (Lipinski definition) is 4. The van der Waals surface area contributed by atoms with Crippen LogP contribution in [0.4, 0.5) is 5.69 Å². The number of nitrogens with one attached hydrogen (secondary N) is 1. The van der Waals surface area contributed by atoms with Gasteiger partial charge in [-0.05, 0) is 36.8 Å². The lowest BCUT2D eigenvalue weighted by molar-refractivity contribution is 0.0546. The third-order valence-electron chi connectivity index (χ3n) is 2.83. The van der Waals surface area contributed by atoms with Gasteiger partial charge in [-0.1, -0.05) is 24.2 Å². The molecular weight excluding hydrogens is 306 g/mol. The van der Waals surface area contributed by atoms with Crippen molar-refractivity contribution < 1.29 is 18.7 Å². The Bertz CT molecular complexity index is 707. The summed E-state index contributed by atoms with van der Waals surface area (Å²) < 4.78 is 9.98. The highest BCUT2D eigenvalue weighted by Gasteiger charge is 2.13. The molecule has 0 aliphatic rings. The van der Waals surface area contributed by atoms with E-state index in [2.05, 4.69) is 11.9 Å². The molecule has 114 valence electrons. The highest BCUT2D eigenvalue weighted by Crippen LogP contribution is 2.19. The zero-order valence-electron chi connectivity index (χ0n) is 11.9. The Labute approximate surface area is 132 Å². The van der Waals surface area contributed by atoms with Gasteiger partial charge in [0.05, 0.1) is 11.8 Å². The number of ether oxygens (including phenoxy) is 1. The number of carbonyl (C=O) groups excluding carboxylic acids is 2. The minimum Gasteiger partial charge on any atom is -0.459 e. The lowest BCUT2D eigenvalue weighted by atomic mass is 10.1. The van der Waals surface area contributed by atoms with Crippen LogP contribution in [0.25, 0.3) is 0 Å². The Hall–Kier alpha value is -2.53. The summed E-state index contributed by atoms with van der Waals surface area (Å²) in [7, 11) is 0. The first-order valence-corrected chi connectivity index (χ1v) is 6.81. The molecule has 1 amide bonds. The molecule has 6 heteroatoms. The number of rotatable bonds is 5. The van der Waals surface area contributed by atoms with Gasteiger partial charge in [0, 0.05) is 10.7 Å². The maximum absolute atomic E-state index is 12.0. The summed E-state index contributed by atoms with van der Waals surface area (Å²) in [6.07, 6.45) is 1.41. The van der Waals surface area contributed by atoms with E-state index in [1.54, 1.807) is 24.3 Å². The van der Waals surface area contributed by atoms with E-state index in [0.29, 0.717) is 11.3 Å². The third-order valence-corrected chi connectivity index (χ3v) is 2.94. The number of halogens is 1. The molecule has 0 saturated heterocycles. The standard InChI is InChI=1S/C16H14ClNO4/c1-10-5-6-12(16(20)22-9-11(2)17)8-13(10)18-15(19)14-4-3-7-21-14/h3-8H,2,9H2,1H3,(H,18,19). The van der Waals surface area contributed by atoms with Gasteiger partial charge in [-0.15, -0.1) is 0 Å². The van der Waals surface area contributed by atoms with Crippen LogP contribution in [0.3, 0.4) is 0 Å². The van der Waals surface area contributed by atoms with Crippen molar-refractivity contribution in [2.45, 2.75) is 6.92 Å². The quantitative estimate of drug-likeness (QED) is 0.852. The van der Waals surface area contributed by atoms with E-state index < -0.39 is 11.9 Å². The van der Waals surface area contributed by atoms with E-state index in [9.17, 15) is 9.59 Å². The second-order valence-electron chi connectivity index (χ2n) is 4.55. The van der Waals surface area contributed by atoms with E-state index in [-0.39, 0.29) is 17.4 Å². The van der Waals surface area contributed by atoms with Gasteiger partial charge in [-0.3, -0.25) is 4.79 Å². The molecule has 1 N–H and O–H groups in total. The summed E-state index contributed by atoms with van der Waals surface area (Å²) in [5.41, 5.74) is 1.61. The van der Waals surface area contributed by atoms with Crippen LogP contribution in [0.2, 0.25) is 0 Å². The SMILES string of the molecule is C=C(Cl)COC(=O)c1ccc(C)c(NC(=O)c2ccco2)c1. The number of benzene rings is 1. The molecule has 0 unspecified atom stereocenters. The zero-order chi connectivity index (χ0) is 16.1. The van der Waals surface area contributed by atoms with E-state index in [0.717, 1.165) is 5.56 Å². The minimum absolute atomic E-state index is 0.0671. The lowest BCUT2D eigenvalue weighted by Gasteiger charge is -2.09. The first-order chi connectivity index (χ1) is 10.5. The second kappa shape index (κ2) is 6.95. The van der Waals surface area contributed by atoms with Crippen LogP contribution in [-0.2, 0) is 4.74 Å². The Kier molecular flexibility index (Phi) is 5.01. The molecule has 5 nitrogen and oxygen atoms in total. The molecule has 22 heavy (non-hydrogen) atoms. The molecule has 0 atom stereocenters. The summed E-state index contributed by atoms with van der Waals surface area (Å²) in [5.74, 6) is -0.756. The lowest BCUT2D eigenvalue weighted by Crippen LogP contribution is -2.13. The third kappa shape index (κ3) is 3.99. The van der Waals surface area contributed by atoms with Crippen LogP contribution in [0.5, 0.6) is 0 Å². The largest absolute Gasteiger partial charge is 0.459 e. The van der Waals surface area contributed by atoms with Crippen molar-refractivity contribution in [3.05, 3.63) is 65.1 Å². The Morgan fingerprint density at radius 3 is 2.77 bits per heavy atom. The van der Waals surface area contributed by atoms with Crippen LogP contribution in [0.1, 0.15) is 26.5 Å². The van der Waals surface area contributed by atoms with E-state index in [1.165, 1.54) is 12.3 Å². The number of esters is 1. The molecule has 2 aromatic rings. The Balaban J connectivity index is 2.14. The van der Waals surface area contributed by atoms with Gasteiger partial charge in [0.25, 0.3) is 5.91 Å². The van der Waals surface area contributed by atoms with E-state index in [1.807, 2.05) is 6.92 Å². The molecule has 0 saturated carbocycles. The number of carbonyl (C=O) groups is 2. The average Bonchev–Trinajstić information content (AvgIpc) is 3.01. The highest BCUT2D eigenvalue weighted by molar-refractivity contribution is 6.29. The van der Waals surface area contributed by atoms with Crippen molar-refractivity contribution in [2.24, 2.45) is 0 Å². The number of aryl methyl sites for hydroxylation is 1. The molecule has 1 aromatic heterocycles. The molecule has 0 aliphatic heterocycles. The maximum atomic E-state index is 12.0. The van der Waals surface area contributed by atoms with Gasteiger partial charge in [0.1, 0.15) is 6.61 Å². The van der Waals surface area contributed by atoms with Gasteiger partial charge >= 0.3 is 5.97 Å². The summed E-state index contributed by atoms with van der Waals surface area (Å²) in [6, 6.07) is 8.03. The summed E-state index contributed by atoms with van der Waals surface area (Å²) in [5, 5.41) is 2.92. The maximum Gasteiger partial charge on any atom is 0.338 e. The fourth-order valence-corrected chi connectivity index (χ4v) is 1.76. The molecule has 1 heterocycles. The molecule has 0 aliphatic carbocycles. The summed E-state index contributed by atoms with van der Waals surface area (Å²) in [4.78, 5) is 23.8. The van der Waals surface area contributed by atoms with Gasteiger partial charge < -0.3 is 14.5 Å². The summed E-state index contributed by atoms with van der Waals surface area (Å²) >= 11 is 5.55. The van der Waals surface area contributed by atoms with Crippen molar-refractivity contribution in [2.75, 3.05) is 11.9 Å². The molecule has 0 radical (unpaired) electrons. The molecular formula is C16H14ClNO4. The van der Waals surface area contributed by atoms with Gasteiger partial charge in [-0.25, -0.2) is 4.79 Å². The van der Waals surface area contributed by atoms with Gasteiger partial charge in [-0.2, -0.15) is 0 Å². The number of hydrogen-bond donors (Lipinski definition) is 1. The normalized spacial score (nSPS) is 10.1. The van der Waals surface area contributed by atoms with E-state index in [4.69, 9.17) is 20.8 Å². The van der Waals surface area contributed by atoms with E-state index >= 15 is 0 Å². The van der Waals surface area contributed by atoms with Crippen LogP contribution < -0.4 is 5.32 Å². The number of amides is 1. The Morgan fingerprint density at radius 2 is 2.14 bits per heavy atom. The molecule has 0 fully saturated rings. The molecule has 0 spiro atoms. The van der Waals surface area contributed by atoms with Crippen LogP contribution in [0, 0.1) is 6.92 Å². The predicted molar refractivity (Wildman–Crippen MR) is 83.1 cm³/mol. The van der Waals surface area contributed by atoms with Crippen LogP contribution in [-0.4, -0.2) is 18.5 Å². The monoisotopic (exact) mass is 319 g/mol. The van der Waals surface area contributed by atoms with Crippen molar-refractivity contribution in [1.29, 1.82) is 0 Å². The van der Waals surface area contributed by atoms with Gasteiger partial charge in [0.15, 0.2) is 5.76 Å². The predicted octanol–water partition coefficient (Wildman–Crippen LogP) is 3.75. The number of anilines is 1. The molecule has 2 rings (SSSR count). The van der Waals surface area contributed by atoms with Crippen molar-refractivity contribution in [3.8, 4) is 0 Å². The Morgan fingerprint density at radius 1 is 1.36 bits per heavy atom. The summed E-state index contributed by atoms with van der Waals surface area (Å²) in [6.45, 7) is 5.19. The highest BCUT2D eigenvalue weighted by atomic mass is 35.5. The first kappa shape index (κ1) is 15.9. The van der Waals surface area contributed by atoms with Crippen molar-refractivity contribution in [1.82, 2.24) is 0 Å². The second-order valence-corrected chi connectivity index (χ2v) is 5.09. The number of furan rings is 1. The molecule has 0 bridgehead atoms. The first-order valence-electron chi connectivity index (χ1n) is 6.43. The van der Waals surface area contributed by atoms with Crippen LogP contribution in [0.15, 0.2) is 52.6 Å². The minimum atomic E-state index is -0.546. The topological polar surface area (TPSA) is 68.5 Å². The van der Waals surface area contributed by atoms with Crippen LogP contribution >= 0.6 is 11.6 Å².